The molecule has 1 aromatic carbocycles. The van der Waals surface area contributed by atoms with Crippen LogP contribution in [0.2, 0.25) is 0 Å². The van der Waals surface area contributed by atoms with Crippen molar-refractivity contribution in [3.8, 4) is 18.1 Å². The molecule has 0 heterocycles. The van der Waals surface area contributed by atoms with Gasteiger partial charge in [0.1, 0.15) is 5.75 Å². The summed E-state index contributed by atoms with van der Waals surface area (Å²) in [7, 11) is 0. The number of ether oxygens (including phenoxy) is 2. The molecule has 5 nitrogen and oxygen atoms in total. The molecule has 1 atom stereocenters. The van der Waals surface area contributed by atoms with Gasteiger partial charge in [-0.05, 0) is 30.0 Å². The quantitative estimate of drug-likeness (QED) is 0.644. The molecule has 124 valence electrons. The lowest BCUT2D eigenvalue weighted by Crippen LogP contribution is -2.33. The van der Waals surface area contributed by atoms with Crippen molar-refractivity contribution in [2.75, 3.05) is 13.2 Å². The number of carbonyl (C=O) groups is 2. The zero-order valence-corrected chi connectivity index (χ0v) is 14.0. The van der Waals surface area contributed by atoms with Crippen molar-refractivity contribution in [2.24, 2.45) is 0 Å². The van der Waals surface area contributed by atoms with Crippen LogP contribution in [0.15, 0.2) is 24.3 Å². The summed E-state index contributed by atoms with van der Waals surface area (Å²) in [4.78, 5) is 23.1. The summed E-state index contributed by atoms with van der Waals surface area (Å²) in [6.45, 7) is 7.65. The Morgan fingerprint density at radius 1 is 1.26 bits per heavy atom. The Labute approximate surface area is 137 Å². The second-order valence-electron chi connectivity index (χ2n) is 6.12. The third-order valence-corrected chi connectivity index (χ3v) is 3.10. The van der Waals surface area contributed by atoms with E-state index in [-0.39, 0.29) is 18.6 Å². The van der Waals surface area contributed by atoms with Gasteiger partial charge in [0.25, 0.3) is 5.91 Å². The Hall–Kier alpha value is -2.48. The first-order valence-electron chi connectivity index (χ1n) is 7.38. The van der Waals surface area contributed by atoms with Crippen LogP contribution in [0.4, 0.5) is 0 Å². The summed E-state index contributed by atoms with van der Waals surface area (Å²) in [6.07, 6.45) is 4.20. The highest BCUT2D eigenvalue weighted by Crippen LogP contribution is 2.24. The van der Waals surface area contributed by atoms with Crippen molar-refractivity contribution in [1.29, 1.82) is 0 Å². The van der Waals surface area contributed by atoms with Gasteiger partial charge >= 0.3 is 5.97 Å². The topological polar surface area (TPSA) is 64.6 Å². The summed E-state index contributed by atoms with van der Waals surface area (Å²) < 4.78 is 10.4. The number of rotatable bonds is 6. The van der Waals surface area contributed by atoms with Crippen molar-refractivity contribution in [3.05, 3.63) is 29.8 Å². The molecule has 0 saturated heterocycles. The van der Waals surface area contributed by atoms with Crippen molar-refractivity contribution >= 4 is 11.9 Å². The van der Waals surface area contributed by atoms with Crippen LogP contribution >= 0.6 is 0 Å². The smallest absolute Gasteiger partial charge is 0.347 e. The molecule has 23 heavy (non-hydrogen) atoms. The van der Waals surface area contributed by atoms with E-state index in [2.05, 4.69) is 32.0 Å². The van der Waals surface area contributed by atoms with Crippen LogP contribution in [0.1, 0.15) is 33.3 Å². The fraction of sp³-hybridized carbons (Fsp3) is 0.444. The third-order valence-electron chi connectivity index (χ3n) is 3.10. The molecule has 0 unspecified atom stereocenters. The zero-order chi connectivity index (χ0) is 17.5. The molecule has 1 amide bonds. The van der Waals surface area contributed by atoms with Gasteiger partial charge < -0.3 is 14.8 Å². The molecule has 5 heteroatoms. The van der Waals surface area contributed by atoms with E-state index < -0.39 is 18.0 Å². The predicted molar refractivity (Wildman–Crippen MR) is 88.0 cm³/mol. The van der Waals surface area contributed by atoms with Crippen LogP contribution in [0.3, 0.4) is 0 Å². The molecule has 0 radical (unpaired) electrons. The number of amides is 1. The fourth-order valence-electron chi connectivity index (χ4n) is 1.74. The molecule has 1 rings (SSSR count). The van der Waals surface area contributed by atoms with Gasteiger partial charge in [-0.2, -0.15) is 0 Å². The van der Waals surface area contributed by atoms with Crippen LogP contribution in [0.25, 0.3) is 0 Å². The summed E-state index contributed by atoms with van der Waals surface area (Å²) in [6, 6.07) is 7.54. The Morgan fingerprint density at radius 2 is 1.87 bits per heavy atom. The first-order valence-corrected chi connectivity index (χ1v) is 7.38. The van der Waals surface area contributed by atoms with Gasteiger partial charge in [0, 0.05) is 0 Å². The number of hydrogen-bond acceptors (Lipinski definition) is 4. The van der Waals surface area contributed by atoms with Gasteiger partial charge in [-0.3, -0.25) is 4.79 Å². The van der Waals surface area contributed by atoms with Gasteiger partial charge in [0.2, 0.25) is 0 Å². The van der Waals surface area contributed by atoms with Crippen molar-refractivity contribution in [1.82, 2.24) is 5.32 Å². The van der Waals surface area contributed by atoms with Gasteiger partial charge in [0.05, 0.1) is 6.54 Å². The van der Waals surface area contributed by atoms with Crippen molar-refractivity contribution in [3.63, 3.8) is 0 Å². The highest BCUT2D eigenvalue weighted by Gasteiger charge is 2.18. The molecule has 0 aliphatic carbocycles. The molecular formula is C18H23NO4. The van der Waals surface area contributed by atoms with E-state index in [1.165, 1.54) is 5.56 Å². The molecule has 0 fully saturated rings. The molecule has 0 bridgehead atoms. The molecular weight excluding hydrogens is 294 g/mol. The Morgan fingerprint density at radius 3 is 2.39 bits per heavy atom. The largest absolute Gasteiger partial charge is 0.479 e. The van der Waals surface area contributed by atoms with E-state index in [0.29, 0.717) is 5.75 Å². The number of terminal acetylenes is 1. The molecule has 0 saturated carbocycles. The van der Waals surface area contributed by atoms with E-state index in [9.17, 15) is 9.59 Å². The minimum atomic E-state index is -0.809. The molecule has 0 spiro atoms. The van der Waals surface area contributed by atoms with Crippen LogP contribution in [0, 0.1) is 12.3 Å². The number of carbonyl (C=O) groups excluding carboxylic acids is 2. The van der Waals surface area contributed by atoms with Gasteiger partial charge in [-0.1, -0.05) is 38.8 Å². The summed E-state index contributed by atoms with van der Waals surface area (Å²) >= 11 is 0. The summed E-state index contributed by atoms with van der Waals surface area (Å²) in [5, 5.41) is 2.40. The predicted octanol–water partition coefficient (Wildman–Crippen LogP) is 2.04. The van der Waals surface area contributed by atoms with Crippen molar-refractivity contribution < 1.29 is 19.1 Å². The van der Waals surface area contributed by atoms with E-state index in [1.807, 2.05) is 24.3 Å². The van der Waals surface area contributed by atoms with Crippen LogP contribution in [0.5, 0.6) is 5.75 Å². The minimum Gasteiger partial charge on any atom is -0.479 e. The zero-order valence-electron chi connectivity index (χ0n) is 14.0. The van der Waals surface area contributed by atoms with Gasteiger partial charge in [-0.25, -0.2) is 4.79 Å². The first kappa shape index (κ1) is 18.6. The lowest BCUT2D eigenvalue weighted by atomic mass is 9.87. The van der Waals surface area contributed by atoms with E-state index in [0.717, 1.165) is 0 Å². The van der Waals surface area contributed by atoms with E-state index in [1.54, 1.807) is 6.92 Å². The molecule has 1 N–H and O–H groups in total. The van der Waals surface area contributed by atoms with Crippen molar-refractivity contribution in [2.45, 2.75) is 39.2 Å². The SMILES string of the molecule is C#CCNC(=O)COC(=O)[C@@H](C)Oc1ccc(C(C)(C)C)cc1. The number of esters is 1. The maximum absolute atomic E-state index is 11.8. The highest BCUT2D eigenvalue weighted by atomic mass is 16.6. The highest BCUT2D eigenvalue weighted by molar-refractivity contribution is 5.82. The summed E-state index contributed by atoms with van der Waals surface area (Å²) in [5.74, 6) is 1.77. The maximum Gasteiger partial charge on any atom is 0.347 e. The first-order chi connectivity index (χ1) is 10.7. The van der Waals surface area contributed by atoms with Crippen LogP contribution in [-0.2, 0) is 19.7 Å². The standard InChI is InChI=1S/C18H23NO4/c1-6-11-19-16(20)12-22-17(21)13(2)23-15-9-7-14(8-10-15)18(3,4)5/h1,7-10,13H,11-12H2,2-5H3,(H,19,20)/t13-/m1/s1. The molecule has 0 aliphatic heterocycles. The second kappa shape index (κ2) is 8.23. The number of hydrogen-bond donors (Lipinski definition) is 1. The van der Waals surface area contributed by atoms with E-state index >= 15 is 0 Å². The lowest BCUT2D eigenvalue weighted by Gasteiger charge is -2.20. The lowest BCUT2D eigenvalue weighted by molar-refractivity contribution is -0.154. The number of benzene rings is 1. The van der Waals surface area contributed by atoms with Crippen LogP contribution < -0.4 is 10.1 Å². The van der Waals surface area contributed by atoms with Gasteiger partial charge in [0.15, 0.2) is 12.7 Å². The maximum atomic E-state index is 11.8. The fourth-order valence-corrected chi connectivity index (χ4v) is 1.74. The molecule has 1 aromatic rings. The average molecular weight is 317 g/mol. The monoisotopic (exact) mass is 317 g/mol. The van der Waals surface area contributed by atoms with E-state index in [4.69, 9.17) is 15.9 Å². The Kier molecular flexibility index (Phi) is 6.65. The molecule has 0 aromatic heterocycles. The normalized spacial score (nSPS) is 12.0. The number of nitrogens with one attached hydrogen (secondary N) is 1. The minimum absolute atomic E-state index is 0.0504. The van der Waals surface area contributed by atoms with Crippen LogP contribution in [-0.4, -0.2) is 31.1 Å². The summed E-state index contributed by atoms with van der Waals surface area (Å²) in [5.41, 5.74) is 1.22. The van der Waals surface area contributed by atoms with Gasteiger partial charge in [-0.15, -0.1) is 6.42 Å². The molecule has 0 aliphatic rings. The second-order valence-corrected chi connectivity index (χ2v) is 6.12. The Bertz CT molecular complexity index is 579. The average Bonchev–Trinajstić information content (AvgIpc) is 2.50. The Balaban J connectivity index is 2.49. The third kappa shape index (κ3) is 6.43.